The Balaban J connectivity index is 0.780. The van der Waals surface area contributed by atoms with Gasteiger partial charge < -0.3 is 30.9 Å². The van der Waals surface area contributed by atoms with Crippen molar-refractivity contribution in [2.75, 3.05) is 68.5 Å². The molecular weight excluding hydrogens is 851 g/mol. The predicted molar refractivity (Wildman–Crippen MR) is 242 cm³/mol. The molecule has 66 heavy (non-hydrogen) atoms. The number of piperidine rings is 2. The Bertz CT molecular complexity index is 2790. The van der Waals surface area contributed by atoms with Crippen molar-refractivity contribution in [3.8, 4) is 22.7 Å². The summed E-state index contributed by atoms with van der Waals surface area (Å²) in [5.74, 6) is -1.71. The van der Waals surface area contributed by atoms with Gasteiger partial charge in [-0.1, -0.05) is 24.3 Å². The number of rotatable bonds is 12. The smallest absolute Gasteiger partial charge is 0.270 e. The van der Waals surface area contributed by atoms with E-state index in [1.165, 1.54) is 31.6 Å². The molecule has 0 radical (unpaired) electrons. The monoisotopic (exact) mass is 898 g/mol. The van der Waals surface area contributed by atoms with Gasteiger partial charge in [-0.2, -0.15) is 5.10 Å². The van der Waals surface area contributed by atoms with Gasteiger partial charge in [0.1, 0.15) is 47.0 Å². The van der Waals surface area contributed by atoms with E-state index in [2.05, 4.69) is 45.6 Å². The Morgan fingerprint density at radius 3 is 2.33 bits per heavy atom. The normalized spacial score (nSPS) is 17.2. The number of aromatic nitrogens is 5. The number of anilines is 3. The summed E-state index contributed by atoms with van der Waals surface area (Å²) in [6.07, 6.45) is 5.34. The topological polar surface area (TPSA) is 206 Å². The molecule has 0 aliphatic carbocycles. The van der Waals surface area contributed by atoms with E-state index in [4.69, 9.17) is 15.6 Å². The first-order chi connectivity index (χ1) is 32.0. The molecule has 4 amide bonds. The van der Waals surface area contributed by atoms with Crippen LogP contribution in [0.5, 0.6) is 5.75 Å². The van der Waals surface area contributed by atoms with Crippen LogP contribution in [0.4, 0.5) is 26.0 Å². The number of pyridine rings is 1. The maximum atomic E-state index is 16.0. The van der Waals surface area contributed by atoms with Gasteiger partial charge in [-0.25, -0.2) is 28.4 Å². The van der Waals surface area contributed by atoms with E-state index in [0.29, 0.717) is 39.6 Å². The second-order valence-corrected chi connectivity index (χ2v) is 16.7. The van der Waals surface area contributed by atoms with Gasteiger partial charge in [0.2, 0.25) is 11.8 Å². The van der Waals surface area contributed by atoms with Crippen molar-refractivity contribution in [2.24, 2.45) is 5.92 Å². The molecule has 6 aromatic rings. The zero-order valence-electron chi connectivity index (χ0n) is 36.2. The highest BCUT2D eigenvalue weighted by Crippen LogP contribution is 2.34. The molecule has 3 aliphatic heterocycles. The number of methoxy groups -OCH3 is 1. The molecular formula is C47H48F2N12O5. The molecule has 9 rings (SSSR count). The molecule has 1 atom stereocenters. The van der Waals surface area contributed by atoms with Crippen LogP contribution < -0.4 is 36.2 Å². The summed E-state index contributed by atoms with van der Waals surface area (Å²) >= 11 is 0. The molecule has 1 unspecified atom stereocenters. The lowest BCUT2D eigenvalue weighted by molar-refractivity contribution is -0.134. The summed E-state index contributed by atoms with van der Waals surface area (Å²) in [4.78, 5) is 68.8. The first-order valence-electron chi connectivity index (χ1n) is 21.8. The summed E-state index contributed by atoms with van der Waals surface area (Å²) in [5.41, 5.74) is 11.0. The Hall–Kier alpha value is -7.54. The molecule has 3 aliphatic rings. The van der Waals surface area contributed by atoms with Crippen LogP contribution in [0.15, 0.2) is 85.3 Å². The number of hydrogen-bond acceptors (Lipinski definition) is 13. The number of ether oxygens (including phenoxy) is 1. The van der Waals surface area contributed by atoms with Crippen LogP contribution in [-0.2, 0) is 16.1 Å². The number of benzene rings is 3. The van der Waals surface area contributed by atoms with Crippen molar-refractivity contribution in [3.05, 3.63) is 114 Å². The molecule has 0 bridgehead atoms. The number of nitrogens with one attached hydrogen (secondary N) is 3. The van der Waals surface area contributed by atoms with Crippen molar-refractivity contribution >= 4 is 51.9 Å². The lowest BCUT2D eigenvalue weighted by atomic mass is 9.95. The van der Waals surface area contributed by atoms with Crippen LogP contribution >= 0.6 is 0 Å². The van der Waals surface area contributed by atoms with Crippen LogP contribution in [0.25, 0.3) is 28.0 Å². The van der Waals surface area contributed by atoms with Crippen molar-refractivity contribution in [1.82, 2.24) is 45.6 Å². The Kier molecular flexibility index (Phi) is 12.5. The van der Waals surface area contributed by atoms with Crippen molar-refractivity contribution in [3.63, 3.8) is 0 Å². The molecule has 3 saturated heterocycles. The minimum atomic E-state index is -0.758. The number of nitrogens with zero attached hydrogens (tertiary/aromatic N) is 8. The zero-order valence-corrected chi connectivity index (χ0v) is 36.2. The maximum absolute atomic E-state index is 16.0. The van der Waals surface area contributed by atoms with Crippen molar-refractivity contribution < 1.29 is 32.7 Å². The van der Waals surface area contributed by atoms with Crippen LogP contribution in [-0.4, -0.2) is 112 Å². The maximum Gasteiger partial charge on any atom is 0.270 e. The van der Waals surface area contributed by atoms with Gasteiger partial charge in [-0.3, -0.25) is 29.4 Å². The number of nitrogens with two attached hydrogens (primary N) is 1. The second-order valence-electron chi connectivity index (χ2n) is 16.7. The molecule has 3 aromatic heterocycles. The predicted octanol–water partition coefficient (Wildman–Crippen LogP) is 4.25. The number of hydrogen-bond donors (Lipinski definition) is 4. The number of carbonyl (C=O) groups is 4. The fourth-order valence-corrected chi connectivity index (χ4v) is 8.84. The van der Waals surface area contributed by atoms with Crippen LogP contribution in [0, 0.1) is 17.6 Å². The summed E-state index contributed by atoms with van der Waals surface area (Å²) in [7, 11) is 1.42. The first-order valence-corrected chi connectivity index (χ1v) is 21.8. The van der Waals surface area contributed by atoms with Gasteiger partial charge in [0, 0.05) is 70.4 Å². The van der Waals surface area contributed by atoms with E-state index < -0.39 is 29.6 Å². The highest BCUT2D eigenvalue weighted by molar-refractivity contribution is 6.03. The van der Waals surface area contributed by atoms with Gasteiger partial charge >= 0.3 is 0 Å². The summed E-state index contributed by atoms with van der Waals surface area (Å²) < 4.78 is 36.7. The minimum absolute atomic E-state index is 0.0944. The van der Waals surface area contributed by atoms with Gasteiger partial charge in [0.15, 0.2) is 5.65 Å². The van der Waals surface area contributed by atoms with E-state index >= 15 is 4.39 Å². The Morgan fingerprint density at radius 2 is 1.62 bits per heavy atom. The molecule has 3 aromatic carbocycles. The largest absolute Gasteiger partial charge is 0.496 e. The van der Waals surface area contributed by atoms with Crippen LogP contribution in [0.3, 0.4) is 0 Å². The summed E-state index contributed by atoms with van der Waals surface area (Å²) in [5, 5.41) is 13.1. The number of halogens is 2. The molecule has 340 valence electrons. The van der Waals surface area contributed by atoms with Crippen molar-refractivity contribution in [2.45, 2.75) is 38.3 Å². The number of piperazine rings is 1. The SMILES string of the molecule is COc1ccc(F)cc1C(=O)NCc1ccc(-c2nn(-c3ccc(N4CCC(CN5CCN(c6ccc(C(=O)NC7CCC(=O)NC7=O)nc6)CC5)CC4)c(F)c3)c3ncnc(N)c23)cc1. The fourth-order valence-electron chi connectivity index (χ4n) is 8.84. The molecule has 19 heteroatoms. The molecule has 3 fully saturated rings. The van der Waals surface area contributed by atoms with Gasteiger partial charge in [-0.05, 0) is 73.2 Å². The van der Waals surface area contributed by atoms with E-state index in [0.717, 1.165) is 76.0 Å². The highest BCUT2D eigenvalue weighted by atomic mass is 19.1. The number of amides is 4. The average molecular weight is 899 g/mol. The lowest BCUT2D eigenvalue weighted by Crippen LogP contribution is -2.52. The third-order valence-electron chi connectivity index (χ3n) is 12.5. The average Bonchev–Trinajstić information content (AvgIpc) is 3.73. The number of carbonyl (C=O) groups excluding carboxylic acids is 4. The fraction of sp³-hybridized carbons (Fsp3) is 0.319. The zero-order chi connectivity index (χ0) is 45.9. The number of imide groups is 1. The quantitative estimate of drug-likeness (QED) is 0.127. The standard InChI is InChI=1S/C47H48F2N12O5/c1-66-39-12-6-31(48)22-34(39)45(63)52-24-28-2-4-30(5-3-28)42-41-43(50)53-27-54-44(41)61(57-42)32-8-11-38(35(49)23-32)60-16-14-29(15-17-60)26-58-18-20-59(21-19-58)33-7-9-36(51-25-33)46(64)55-37-10-13-40(62)56-47(37)65/h2-9,11-12,22-23,25,27,29,37H,10,13-21,24,26H2,1H3,(H,52,63)(H,55,64)(H2,50,53,54)(H,56,62,65). The minimum Gasteiger partial charge on any atom is -0.496 e. The summed E-state index contributed by atoms with van der Waals surface area (Å²) in [6.45, 7) is 6.00. The van der Waals surface area contributed by atoms with Gasteiger partial charge in [-0.15, -0.1) is 0 Å². The lowest BCUT2D eigenvalue weighted by Gasteiger charge is -2.40. The van der Waals surface area contributed by atoms with E-state index in [9.17, 15) is 23.6 Å². The molecule has 5 N–H and O–H groups in total. The second kappa shape index (κ2) is 18.9. The van der Waals surface area contributed by atoms with E-state index in [1.807, 2.05) is 36.4 Å². The van der Waals surface area contributed by atoms with Gasteiger partial charge in [0.25, 0.3) is 11.8 Å². The molecule has 0 saturated carbocycles. The molecule has 17 nitrogen and oxygen atoms in total. The third-order valence-corrected chi connectivity index (χ3v) is 12.5. The van der Waals surface area contributed by atoms with E-state index in [1.54, 1.807) is 23.0 Å². The Labute approximate surface area is 378 Å². The molecule has 0 spiro atoms. The van der Waals surface area contributed by atoms with Gasteiger partial charge in [0.05, 0.1) is 41.3 Å². The first kappa shape index (κ1) is 43.7. The third kappa shape index (κ3) is 9.33. The van der Waals surface area contributed by atoms with E-state index in [-0.39, 0.29) is 53.9 Å². The highest BCUT2D eigenvalue weighted by Gasteiger charge is 2.30. The number of fused-ring (bicyclic) bond motifs is 1. The van der Waals surface area contributed by atoms with Crippen molar-refractivity contribution in [1.29, 1.82) is 0 Å². The van der Waals surface area contributed by atoms with Crippen LogP contribution in [0.1, 0.15) is 52.1 Å². The van der Waals surface area contributed by atoms with Crippen LogP contribution in [0.2, 0.25) is 0 Å². The summed E-state index contributed by atoms with van der Waals surface area (Å²) in [6, 6.07) is 19.0. The Morgan fingerprint density at radius 1 is 0.848 bits per heavy atom. The number of nitrogen functional groups attached to an aromatic ring is 1. The molecule has 6 heterocycles.